The van der Waals surface area contributed by atoms with Gasteiger partial charge in [0.05, 0.1) is 12.5 Å². The number of allylic oxidation sites excluding steroid dienone is 3. The summed E-state index contributed by atoms with van der Waals surface area (Å²) in [7, 11) is 0. The van der Waals surface area contributed by atoms with Crippen LogP contribution >= 0.6 is 0 Å². The molecule has 0 saturated heterocycles. The first-order valence-corrected chi connectivity index (χ1v) is 6.50. The number of carbonyl (C=O) groups is 1. The molecule has 0 fully saturated rings. The number of carbonyl (C=O) groups excluding carboxylic acids is 1. The van der Waals surface area contributed by atoms with E-state index in [1.54, 1.807) is 18.6 Å². The quantitative estimate of drug-likeness (QED) is 0.609. The molecule has 3 nitrogen and oxygen atoms in total. The van der Waals surface area contributed by atoms with E-state index in [0.29, 0.717) is 6.42 Å². The van der Waals surface area contributed by atoms with Crippen molar-refractivity contribution in [2.45, 2.75) is 40.2 Å². The first-order valence-electron chi connectivity index (χ1n) is 6.50. The Morgan fingerprint density at radius 1 is 1.40 bits per heavy atom. The second kappa shape index (κ2) is 8.06. The monoisotopic (exact) mass is 272 g/mol. The summed E-state index contributed by atoms with van der Waals surface area (Å²) in [5.41, 5.74) is 2.96. The molecule has 1 rings (SSSR count). The van der Waals surface area contributed by atoms with Crippen LogP contribution in [-0.2, 0) is 9.53 Å². The van der Waals surface area contributed by atoms with Crippen LogP contribution in [0.5, 0.6) is 0 Å². The third-order valence-corrected chi connectivity index (χ3v) is 2.49. The highest BCUT2D eigenvalue weighted by Gasteiger charge is 2.14. The molecule has 0 saturated carbocycles. The fourth-order valence-electron chi connectivity index (χ4n) is 1.54. The maximum atomic E-state index is 11.1. The van der Waals surface area contributed by atoms with E-state index < -0.39 is 0 Å². The van der Waals surface area contributed by atoms with E-state index in [2.05, 4.69) is 11.8 Å². The summed E-state index contributed by atoms with van der Waals surface area (Å²) in [6.07, 6.45) is 7.24. The van der Waals surface area contributed by atoms with E-state index in [1.165, 1.54) is 12.5 Å². The molecule has 1 heterocycles. The Morgan fingerprint density at radius 3 is 2.70 bits per heavy atom. The summed E-state index contributed by atoms with van der Waals surface area (Å²) in [5, 5.41) is 0. The first kappa shape index (κ1) is 15.8. The van der Waals surface area contributed by atoms with Crippen LogP contribution in [0.1, 0.15) is 45.8 Å². The van der Waals surface area contributed by atoms with Gasteiger partial charge in [-0.3, -0.25) is 4.79 Å². The molecule has 0 unspecified atom stereocenters. The predicted octanol–water partition coefficient (Wildman–Crippen LogP) is 4.19. The summed E-state index contributed by atoms with van der Waals surface area (Å²) in [4.78, 5) is 11.1. The van der Waals surface area contributed by atoms with Crippen LogP contribution in [0, 0.1) is 11.8 Å². The van der Waals surface area contributed by atoms with E-state index in [4.69, 9.17) is 9.15 Å². The molecule has 0 N–H and O–H groups in total. The molecule has 0 spiro atoms. The number of rotatable bonds is 4. The Balaban J connectivity index is 2.72. The van der Waals surface area contributed by atoms with Gasteiger partial charge in [-0.15, -0.1) is 0 Å². The van der Waals surface area contributed by atoms with Crippen LogP contribution in [0.3, 0.4) is 0 Å². The van der Waals surface area contributed by atoms with E-state index in [0.717, 1.165) is 11.1 Å². The second-order valence-corrected chi connectivity index (χ2v) is 4.77. The maximum Gasteiger partial charge on any atom is 0.303 e. The zero-order chi connectivity index (χ0) is 15.0. The molecular weight excluding hydrogens is 252 g/mol. The van der Waals surface area contributed by atoms with Crippen molar-refractivity contribution in [3.05, 3.63) is 47.5 Å². The van der Waals surface area contributed by atoms with E-state index in [-0.39, 0.29) is 12.1 Å². The largest absolute Gasteiger partial charge is 0.472 e. The van der Waals surface area contributed by atoms with E-state index in [1.807, 2.05) is 32.9 Å². The van der Waals surface area contributed by atoms with Crippen molar-refractivity contribution in [2.24, 2.45) is 0 Å². The molecule has 0 aliphatic heterocycles. The summed E-state index contributed by atoms with van der Waals surface area (Å²) in [6.45, 7) is 7.34. The van der Waals surface area contributed by atoms with Crippen LogP contribution in [0.25, 0.3) is 0 Å². The minimum Gasteiger partial charge on any atom is -0.472 e. The first-order chi connectivity index (χ1) is 9.49. The van der Waals surface area contributed by atoms with Crippen LogP contribution in [-0.4, -0.2) is 5.97 Å². The van der Waals surface area contributed by atoms with Crippen molar-refractivity contribution >= 4 is 5.97 Å². The van der Waals surface area contributed by atoms with Crippen molar-refractivity contribution in [3.63, 3.8) is 0 Å². The molecule has 0 radical (unpaired) electrons. The lowest BCUT2D eigenvalue weighted by molar-refractivity contribution is -0.146. The Bertz CT molecular complexity index is 547. The van der Waals surface area contributed by atoms with Crippen molar-refractivity contribution < 1.29 is 13.9 Å². The van der Waals surface area contributed by atoms with Crippen molar-refractivity contribution in [2.75, 3.05) is 0 Å². The lowest BCUT2D eigenvalue weighted by Crippen LogP contribution is -2.07. The third kappa shape index (κ3) is 6.10. The molecule has 0 bridgehead atoms. The minimum absolute atomic E-state index is 0.308. The molecule has 0 aliphatic rings. The van der Waals surface area contributed by atoms with Gasteiger partial charge in [0, 0.05) is 18.9 Å². The van der Waals surface area contributed by atoms with E-state index >= 15 is 0 Å². The normalized spacial score (nSPS) is 12.1. The van der Waals surface area contributed by atoms with Gasteiger partial charge in [-0.2, -0.15) is 0 Å². The molecule has 1 aromatic heterocycles. The number of furan rings is 1. The zero-order valence-electron chi connectivity index (χ0n) is 12.4. The van der Waals surface area contributed by atoms with Gasteiger partial charge in [0.2, 0.25) is 0 Å². The van der Waals surface area contributed by atoms with Crippen molar-refractivity contribution in [1.29, 1.82) is 0 Å². The topological polar surface area (TPSA) is 39.4 Å². The molecule has 106 valence electrons. The minimum atomic E-state index is -0.327. The number of esters is 1. The number of ether oxygens (including phenoxy) is 1. The van der Waals surface area contributed by atoms with Crippen LogP contribution in [0.15, 0.2) is 46.3 Å². The lowest BCUT2D eigenvalue weighted by Gasteiger charge is -2.13. The molecule has 0 aromatic carbocycles. The Morgan fingerprint density at radius 2 is 2.15 bits per heavy atom. The summed E-state index contributed by atoms with van der Waals surface area (Å²) in [5.74, 6) is 5.71. The van der Waals surface area contributed by atoms with Crippen molar-refractivity contribution in [1.82, 2.24) is 0 Å². The average molecular weight is 272 g/mol. The van der Waals surface area contributed by atoms with Gasteiger partial charge in [-0.1, -0.05) is 23.5 Å². The summed E-state index contributed by atoms with van der Waals surface area (Å²) in [6, 6.07) is 1.80. The predicted molar refractivity (Wildman–Crippen MR) is 78.8 cm³/mol. The highest BCUT2D eigenvalue weighted by molar-refractivity contribution is 5.66. The second-order valence-electron chi connectivity index (χ2n) is 4.77. The summed E-state index contributed by atoms with van der Waals surface area (Å²) >= 11 is 0. The molecule has 1 aromatic rings. The van der Waals surface area contributed by atoms with Crippen LogP contribution < -0.4 is 0 Å². The van der Waals surface area contributed by atoms with Crippen molar-refractivity contribution in [3.8, 4) is 11.8 Å². The number of hydrogen-bond acceptors (Lipinski definition) is 3. The van der Waals surface area contributed by atoms with Gasteiger partial charge >= 0.3 is 5.97 Å². The fraction of sp³-hybridized carbons (Fsp3) is 0.353. The SMILES string of the molecule is CC(=O)O[C@@H](CC=C(C)C#CC=C(C)C)c1ccoc1. The molecule has 0 amide bonds. The highest BCUT2D eigenvalue weighted by atomic mass is 16.5. The third-order valence-electron chi connectivity index (χ3n) is 2.49. The lowest BCUT2D eigenvalue weighted by atomic mass is 10.1. The van der Waals surface area contributed by atoms with Gasteiger partial charge in [-0.25, -0.2) is 0 Å². The Hall–Kier alpha value is -2.21. The van der Waals surface area contributed by atoms with Crippen LogP contribution in [0.4, 0.5) is 0 Å². The summed E-state index contributed by atoms with van der Waals surface area (Å²) < 4.78 is 10.3. The Kier molecular flexibility index (Phi) is 6.39. The fourth-order valence-corrected chi connectivity index (χ4v) is 1.54. The van der Waals surface area contributed by atoms with Crippen LogP contribution in [0.2, 0.25) is 0 Å². The Labute approximate surface area is 120 Å². The molecule has 1 atom stereocenters. The van der Waals surface area contributed by atoms with Gasteiger partial charge in [-0.05, 0) is 38.5 Å². The van der Waals surface area contributed by atoms with Gasteiger partial charge in [0.1, 0.15) is 6.10 Å². The molecule has 3 heteroatoms. The molecular formula is C17H20O3. The molecule has 0 aliphatic carbocycles. The highest BCUT2D eigenvalue weighted by Crippen LogP contribution is 2.23. The van der Waals surface area contributed by atoms with Gasteiger partial charge in [0.15, 0.2) is 0 Å². The van der Waals surface area contributed by atoms with Gasteiger partial charge in [0.25, 0.3) is 0 Å². The number of hydrogen-bond donors (Lipinski definition) is 0. The van der Waals surface area contributed by atoms with Gasteiger partial charge < -0.3 is 9.15 Å². The maximum absolute atomic E-state index is 11.1. The van der Waals surface area contributed by atoms with E-state index in [9.17, 15) is 4.79 Å². The average Bonchev–Trinajstić information content (AvgIpc) is 2.87. The standard InChI is InChI=1S/C17H20O3/c1-13(2)6-5-7-14(3)8-9-17(20-15(4)18)16-10-11-19-12-16/h6,8,10-12,17H,9H2,1-4H3/t17-/m0/s1. The molecule has 20 heavy (non-hydrogen) atoms. The smallest absolute Gasteiger partial charge is 0.303 e. The zero-order valence-corrected chi connectivity index (χ0v) is 12.4.